The van der Waals surface area contributed by atoms with E-state index >= 15 is 0 Å². The Morgan fingerprint density at radius 3 is 1.98 bits per heavy atom. The van der Waals surface area contributed by atoms with E-state index < -0.39 is 97.9 Å². The van der Waals surface area contributed by atoms with Crippen LogP contribution in [0.3, 0.4) is 0 Å². The number of aliphatic hydroxyl groups excluding tert-OH is 7. The molecule has 62 heavy (non-hydrogen) atoms. The van der Waals surface area contributed by atoms with Gasteiger partial charge in [0.1, 0.15) is 61.0 Å². The number of fused-ring (bicyclic) bond motifs is 7. The molecule has 7 N–H and O–H groups in total. The van der Waals surface area contributed by atoms with E-state index in [1.807, 2.05) is 0 Å². The Hall–Kier alpha value is -0.900. The van der Waals surface area contributed by atoms with Gasteiger partial charge in [0.2, 0.25) is 0 Å². The minimum atomic E-state index is -1.68. The molecule has 5 unspecified atom stereocenters. The predicted molar refractivity (Wildman–Crippen MR) is 218 cm³/mol. The number of allylic oxidation sites excluding steroid dienone is 1. The van der Waals surface area contributed by atoms with Crippen LogP contribution in [0.1, 0.15) is 99.3 Å². The fourth-order valence-corrected chi connectivity index (χ4v) is 14.1. The Kier molecular flexibility index (Phi) is 12.9. The van der Waals surface area contributed by atoms with E-state index in [0.717, 1.165) is 45.1 Å². The lowest BCUT2D eigenvalue weighted by Gasteiger charge is -2.59. The maximum absolute atomic E-state index is 12.1. The van der Waals surface area contributed by atoms with Gasteiger partial charge < -0.3 is 78.4 Å². The van der Waals surface area contributed by atoms with Gasteiger partial charge in [-0.3, -0.25) is 0 Å². The van der Waals surface area contributed by atoms with E-state index in [4.69, 9.17) is 42.6 Å². The summed E-state index contributed by atoms with van der Waals surface area (Å²) in [6, 6.07) is 0. The highest BCUT2D eigenvalue weighted by atomic mass is 16.8. The molecule has 354 valence electrons. The molecule has 0 aromatic rings. The van der Waals surface area contributed by atoms with Crippen LogP contribution in [0.15, 0.2) is 11.6 Å². The average Bonchev–Trinajstić information content (AvgIpc) is 3.69. The zero-order valence-electron chi connectivity index (χ0n) is 37.4. The highest BCUT2D eigenvalue weighted by Gasteiger charge is 2.69. The number of hydrogen-bond donors (Lipinski definition) is 7. The minimum Gasteiger partial charge on any atom is -0.388 e. The van der Waals surface area contributed by atoms with Crippen molar-refractivity contribution < 1.29 is 78.4 Å². The van der Waals surface area contributed by atoms with Crippen LogP contribution in [0.25, 0.3) is 0 Å². The van der Waals surface area contributed by atoms with Crippen LogP contribution >= 0.6 is 0 Å². The molecule has 5 saturated heterocycles. The lowest BCUT2D eigenvalue weighted by Crippen LogP contribution is -2.66. The maximum atomic E-state index is 12.1. The van der Waals surface area contributed by atoms with Crippen LogP contribution in [-0.2, 0) is 42.6 Å². The van der Waals surface area contributed by atoms with Crippen LogP contribution in [0.4, 0.5) is 0 Å². The third kappa shape index (κ3) is 7.59. The van der Waals surface area contributed by atoms with Crippen LogP contribution in [0, 0.1) is 46.3 Å². The molecule has 16 heteroatoms. The average molecular weight is 883 g/mol. The van der Waals surface area contributed by atoms with E-state index in [1.54, 1.807) is 0 Å². The van der Waals surface area contributed by atoms with Crippen LogP contribution in [0.5, 0.6) is 0 Å². The van der Waals surface area contributed by atoms with E-state index in [0.29, 0.717) is 41.9 Å². The second-order valence-corrected chi connectivity index (χ2v) is 21.3. The number of rotatable bonds is 8. The standard InChI is InChI=1S/C46H74O16/c1-20-10-15-46(55-18-20)21(2)31-29(62-46)17-28-26-9-8-24-16-25(11-13-44(24,5)27(26)12-14-45(28,31)6)58-43-40(61-42-37(52)35(50)33(48)23(4)57-42)38(53)39(30(59-43)19-54-7)60-41-36(51)34(49)32(47)22(3)56-41/h8,20-23,25-43,47-53H,9-19H2,1-7H3/t20-,21+,22+,23+,25+,26?,27?,28?,29?,30-,31?,32+,33+,34-,35-,36-,37-,38+,39-,40-,41+,42+,43-,44+,45+,46-/m1/s1. The first-order chi connectivity index (χ1) is 29.4. The van der Waals surface area contributed by atoms with Crippen molar-refractivity contribution in [2.24, 2.45) is 46.3 Å². The molecule has 1 spiro atoms. The summed E-state index contributed by atoms with van der Waals surface area (Å²) in [6.07, 6.45) is -9.25. The van der Waals surface area contributed by atoms with Crippen molar-refractivity contribution in [3.05, 3.63) is 11.6 Å². The van der Waals surface area contributed by atoms with Gasteiger partial charge in [0.25, 0.3) is 0 Å². The first kappa shape index (κ1) is 46.2. The molecule has 4 aliphatic carbocycles. The lowest BCUT2D eigenvalue weighted by molar-refractivity contribution is -0.389. The van der Waals surface area contributed by atoms with Crippen molar-refractivity contribution >= 4 is 0 Å². The molecule has 0 bridgehead atoms. The number of aliphatic hydroxyl groups is 7. The largest absolute Gasteiger partial charge is 0.388 e. The predicted octanol–water partition coefficient (Wildman–Crippen LogP) is 1.90. The molecular weight excluding hydrogens is 808 g/mol. The normalized spacial score (nSPS) is 57.6. The number of methoxy groups -OCH3 is 1. The van der Waals surface area contributed by atoms with Gasteiger partial charge in [-0.15, -0.1) is 0 Å². The Balaban J connectivity index is 0.924. The topological polar surface area (TPSA) is 225 Å². The minimum absolute atomic E-state index is 0.00174. The molecule has 0 amide bonds. The highest BCUT2D eigenvalue weighted by molar-refractivity contribution is 5.26. The highest BCUT2D eigenvalue weighted by Crippen LogP contribution is 2.70. The summed E-state index contributed by atoms with van der Waals surface area (Å²) in [5.74, 6) is 2.71. The second-order valence-electron chi connectivity index (χ2n) is 21.3. The zero-order valence-corrected chi connectivity index (χ0v) is 37.4. The molecular formula is C46H74O16. The van der Waals surface area contributed by atoms with Gasteiger partial charge in [0.05, 0.1) is 37.6 Å². The van der Waals surface area contributed by atoms with Gasteiger partial charge in [-0.05, 0) is 106 Å². The van der Waals surface area contributed by atoms with Gasteiger partial charge in [0.15, 0.2) is 24.7 Å². The summed E-state index contributed by atoms with van der Waals surface area (Å²) in [4.78, 5) is 0. The maximum Gasteiger partial charge on any atom is 0.187 e. The third-order valence-corrected chi connectivity index (χ3v) is 17.8. The van der Waals surface area contributed by atoms with Crippen molar-refractivity contribution in [3.8, 4) is 0 Å². The Morgan fingerprint density at radius 1 is 0.694 bits per heavy atom. The Bertz CT molecular complexity index is 1610. The summed E-state index contributed by atoms with van der Waals surface area (Å²) in [5.41, 5.74) is 1.59. The van der Waals surface area contributed by atoms with Crippen LogP contribution < -0.4 is 0 Å². The zero-order chi connectivity index (χ0) is 44.2. The summed E-state index contributed by atoms with van der Waals surface area (Å²) in [7, 11) is 1.46. The molecule has 0 aromatic heterocycles. The SMILES string of the molecule is COC[C@H]1O[C@@H](O[C@H]2CC[C@@]3(C)C(=CCC4C5CC6O[C@]7(CC[C@@H](C)CO7)[C@@H](C)C6[C@@]5(C)CCC43)C2)[C@H](O[C@@H]2O[C@@H](C)[C@H](O)[C@@H](O)[C@H]2O)[C@@H](O)[C@@H]1O[C@@H]1O[C@@H](C)[C@H](O)[C@@H](O)[C@H]1O. The number of hydrogen-bond acceptors (Lipinski definition) is 16. The van der Waals surface area contributed by atoms with Crippen molar-refractivity contribution in [2.75, 3.05) is 20.3 Å². The van der Waals surface area contributed by atoms with Crippen molar-refractivity contribution in [3.63, 3.8) is 0 Å². The molecule has 5 aliphatic heterocycles. The quantitative estimate of drug-likeness (QED) is 0.173. The van der Waals surface area contributed by atoms with Crippen molar-refractivity contribution in [1.82, 2.24) is 0 Å². The molecule has 8 fully saturated rings. The van der Waals surface area contributed by atoms with E-state index in [1.165, 1.54) is 39.4 Å². The van der Waals surface area contributed by atoms with Crippen LogP contribution in [0.2, 0.25) is 0 Å². The molecule has 26 atom stereocenters. The molecule has 5 heterocycles. The lowest BCUT2D eigenvalue weighted by atomic mass is 9.47. The molecule has 9 aliphatic rings. The second kappa shape index (κ2) is 17.3. The molecule has 16 nitrogen and oxygen atoms in total. The summed E-state index contributed by atoms with van der Waals surface area (Å²) >= 11 is 0. The molecule has 0 aromatic carbocycles. The van der Waals surface area contributed by atoms with Gasteiger partial charge in [0, 0.05) is 19.4 Å². The van der Waals surface area contributed by atoms with Gasteiger partial charge >= 0.3 is 0 Å². The van der Waals surface area contributed by atoms with E-state index in [9.17, 15) is 35.7 Å². The molecule has 0 radical (unpaired) electrons. The first-order valence-corrected chi connectivity index (χ1v) is 23.6. The van der Waals surface area contributed by atoms with Crippen molar-refractivity contribution in [1.29, 1.82) is 0 Å². The summed E-state index contributed by atoms with van der Waals surface area (Å²) in [6.45, 7) is 13.4. The van der Waals surface area contributed by atoms with Gasteiger partial charge in [-0.25, -0.2) is 0 Å². The fraction of sp³-hybridized carbons (Fsp3) is 0.957. The smallest absolute Gasteiger partial charge is 0.187 e. The fourth-order valence-electron chi connectivity index (χ4n) is 14.1. The first-order valence-electron chi connectivity index (χ1n) is 23.6. The third-order valence-electron chi connectivity index (χ3n) is 17.8. The molecule has 3 saturated carbocycles. The summed E-state index contributed by atoms with van der Waals surface area (Å²) in [5, 5.41) is 75.8. The monoisotopic (exact) mass is 882 g/mol. The van der Waals surface area contributed by atoms with Crippen molar-refractivity contribution in [2.45, 2.75) is 209 Å². The van der Waals surface area contributed by atoms with Gasteiger partial charge in [-0.2, -0.15) is 0 Å². The Morgan fingerprint density at radius 2 is 1.35 bits per heavy atom. The molecule has 9 rings (SSSR count). The van der Waals surface area contributed by atoms with Gasteiger partial charge in [-0.1, -0.05) is 39.3 Å². The Labute approximate surface area is 365 Å². The van der Waals surface area contributed by atoms with E-state index in [-0.39, 0.29) is 29.6 Å². The van der Waals surface area contributed by atoms with E-state index in [2.05, 4.69) is 33.8 Å². The number of ether oxygens (including phenoxy) is 9. The van der Waals surface area contributed by atoms with Crippen LogP contribution in [-0.4, -0.2) is 166 Å². The summed E-state index contributed by atoms with van der Waals surface area (Å²) < 4.78 is 56.3.